The lowest BCUT2D eigenvalue weighted by molar-refractivity contribution is -0.137. The second-order valence-corrected chi connectivity index (χ2v) is 7.13. The molecule has 3 aromatic rings. The Kier molecular flexibility index (Phi) is 3.80. The molecule has 0 aromatic heterocycles. The minimum atomic E-state index is -0.338. The van der Waals surface area contributed by atoms with Gasteiger partial charge in [-0.25, -0.2) is 4.79 Å². The van der Waals surface area contributed by atoms with Gasteiger partial charge in [0.25, 0.3) is 0 Å². The van der Waals surface area contributed by atoms with Gasteiger partial charge >= 0.3 is 5.97 Å². The van der Waals surface area contributed by atoms with Crippen LogP contribution in [0.4, 0.5) is 0 Å². The first-order valence-electron chi connectivity index (χ1n) is 9.62. The van der Waals surface area contributed by atoms with Crippen LogP contribution >= 0.6 is 0 Å². The average Bonchev–Trinajstić information content (AvgIpc) is 3.02. The van der Waals surface area contributed by atoms with Crippen molar-refractivity contribution in [3.63, 3.8) is 0 Å². The molecule has 0 amide bonds. The second-order valence-electron chi connectivity index (χ2n) is 7.13. The second kappa shape index (κ2) is 6.35. The Morgan fingerprint density at radius 2 is 1.32 bits per heavy atom. The molecule has 0 N–H and O–H groups in total. The Balaban J connectivity index is 1.80. The topological polar surface area (TPSA) is 26.3 Å². The standard InChI is InChI=1S/C26H20O2/c1-2-28-25(27)17-18-15-16-26(22-12-6-3-9-19(18)22)23-13-7-4-10-20(23)21-11-5-8-14-24(21)26/h3-17H,2H2,1H3/b18-17+. The molecule has 136 valence electrons. The summed E-state index contributed by atoms with van der Waals surface area (Å²) < 4.78 is 5.14. The van der Waals surface area contributed by atoms with Crippen LogP contribution in [-0.2, 0) is 14.9 Å². The van der Waals surface area contributed by atoms with E-state index in [0.29, 0.717) is 6.61 Å². The molecule has 0 bridgehead atoms. The van der Waals surface area contributed by atoms with E-state index in [1.165, 1.54) is 27.8 Å². The summed E-state index contributed by atoms with van der Waals surface area (Å²) >= 11 is 0. The maximum absolute atomic E-state index is 12.1. The van der Waals surface area contributed by atoms with Crippen molar-refractivity contribution in [1.29, 1.82) is 0 Å². The van der Waals surface area contributed by atoms with Crippen molar-refractivity contribution in [2.75, 3.05) is 6.61 Å². The first-order chi connectivity index (χ1) is 13.8. The maximum Gasteiger partial charge on any atom is 0.331 e. The molecule has 0 saturated carbocycles. The largest absolute Gasteiger partial charge is 0.463 e. The quantitative estimate of drug-likeness (QED) is 0.442. The number of carbonyl (C=O) groups excluding carboxylic acids is 1. The molecule has 0 saturated heterocycles. The van der Waals surface area contributed by atoms with Crippen LogP contribution in [-0.4, -0.2) is 12.6 Å². The van der Waals surface area contributed by atoms with Gasteiger partial charge in [-0.05, 0) is 45.9 Å². The van der Waals surface area contributed by atoms with Crippen LogP contribution < -0.4 is 0 Å². The van der Waals surface area contributed by atoms with Crippen molar-refractivity contribution in [1.82, 2.24) is 0 Å². The molecule has 0 aliphatic heterocycles. The van der Waals surface area contributed by atoms with E-state index < -0.39 is 0 Å². The highest BCUT2D eigenvalue weighted by molar-refractivity contribution is 5.98. The van der Waals surface area contributed by atoms with Crippen LogP contribution in [0.25, 0.3) is 16.7 Å². The van der Waals surface area contributed by atoms with Crippen LogP contribution in [0.2, 0.25) is 0 Å². The highest BCUT2D eigenvalue weighted by atomic mass is 16.5. The molecular formula is C26H20O2. The van der Waals surface area contributed by atoms with E-state index in [0.717, 1.165) is 11.1 Å². The van der Waals surface area contributed by atoms with E-state index in [1.54, 1.807) is 6.08 Å². The molecule has 0 heterocycles. The van der Waals surface area contributed by atoms with Crippen LogP contribution in [0.5, 0.6) is 0 Å². The summed E-state index contributed by atoms with van der Waals surface area (Å²) in [4.78, 5) is 12.1. The predicted molar refractivity (Wildman–Crippen MR) is 112 cm³/mol. The first-order valence-corrected chi connectivity index (χ1v) is 9.62. The van der Waals surface area contributed by atoms with Gasteiger partial charge in [-0.3, -0.25) is 0 Å². The van der Waals surface area contributed by atoms with Gasteiger partial charge in [0.2, 0.25) is 0 Å². The Labute approximate surface area is 164 Å². The lowest BCUT2D eigenvalue weighted by Gasteiger charge is -2.35. The molecule has 5 rings (SSSR count). The predicted octanol–water partition coefficient (Wildman–Crippen LogP) is 5.52. The number of allylic oxidation sites excluding steroid dienone is 3. The zero-order valence-electron chi connectivity index (χ0n) is 15.7. The third-order valence-corrected chi connectivity index (χ3v) is 5.73. The van der Waals surface area contributed by atoms with Crippen LogP contribution in [0.15, 0.2) is 91.0 Å². The van der Waals surface area contributed by atoms with Crippen molar-refractivity contribution in [3.8, 4) is 11.1 Å². The SMILES string of the molecule is CCOC(=O)/C=C1\C=CC2(c3ccccc31)c1ccccc1-c1ccccc12. The van der Waals surface area contributed by atoms with E-state index in [1.807, 2.05) is 13.0 Å². The van der Waals surface area contributed by atoms with Crippen molar-refractivity contribution in [3.05, 3.63) is 113 Å². The minimum Gasteiger partial charge on any atom is -0.463 e. The van der Waals surface area contributed by atoms with Crippen molar-refractivity contribution in [2.24, 2.45) is 0 Å². The number of esters is 1. The first kappa shape index (κ1) is 16.8. The van der Waals surface area contributed by atoms with Gasteiger partial charge in [-0.15, -0.1) is 0 Å². The highest BCUT2D eigenvalue weighted by Crippen LogP contribution is 2.56. The number of rotatable bonds is 2. The summed E-state index contributed by atoms with van der Waals surface area (Å²) in [7, 11) is 0. The Morgan fingerprint density at radius 3 is 1.89 bits per heavy atom. The fraction of sp³-hybridized carbons (Fsp3) is 0.115. The third kappa shape index (κ3) is 2.24. The number of hydrogen-bond acceptors (Lipinski definition) is 2. The van der Waals surface area contributed by atoms with Crippen LogP contribution in [0, 0.1) is 0 Å². The number of fused-ring (bicyclic) bond motifs is 7. The maximum atomic E-state index is 12.1. The molecule has 2 nitrogen and oxygen atoms in total. The van der Waals surface area contributed by atoms with E-state index in [9.17, 15) is 4.79 Å². The van der Waals surface area contributed by atoms with E-state index in [2.05, 4.69) is 78.9 Å². The Bertz CT molecular complexity index is 1100. The van der Waals surface area contributed by atoms with Gasteiger partial charge in [-0.2, -0.15) is 0 Å². The van der Waals surface area contributed by atoms with Gasteiger partial charge in [-0.1, -0.05) is 84.9 Å². The van der Waals surface area contributed by atoms with Gasteiger partial charge in [0.05, 0.1) is 12.0 Å². The molecule has 2 aliphatic rings. The normalized spacial score (nSPS) is 16.5. The summed E-state index contributed by atoms with van der Waals surface area (Å²) in [5.41, 5.74) is 7.95. The number of hydrogen-bond donors (Lipinski definition) is 0. The number of carbonyl (C=O) groups is 1. The summed E-state index contributed by atoms with van der Waals surface area (Å²) in [5.74, 6) is -0.305. The third-order valence-electron chi connectivity index (χ3n) is 5.73. The van der Waals surface area contributed by atoms with Crippen LogP contribution in [0.3, 0.4) is 0 Å². The molecule has 28 heavy (non-hydrogen) atoms. The molecule has 0 radical (unpaired) electrons. The molecule has 0 fully saturated rings. The summed E-state index contributed by atoms with van der Waals surface area (Å²) in [5, 5.41) is 0. The molecule has 2 heteroatoms. The van der Waals surface area contributed by atoms with Gasteiger partial charge in [0, 0.05) is 6.08 Å². The van der Waals surface area contributed by atoms with Crippen molar-refractivity contribution >= 4 is 11.5 Å². The molecule has 3 aromatic carbocycles. The molecule has 0 atom stereocenters. The zero-order valence-corrected chi connectivity index (χ0v) is 15.7. The zero-order chi connectivity index (χ0) is 19.1. The Hall–Kier alpha value is -3.39. The number of ether oxygens (including phenoxy) is 1. The molecule has 0 unspecified atom stereocenters. The Morgan fingerprint density at radius 1 is 0.821 bits per heavy atom. The van der Waals surface area contributed by atoms with Crippen molar-refractivity contribution in [2.45, 2.75) is 12.3 Å². The number of benzene rings is 3. The molecule has 1 spiro atoms. The summed E-state index contributed by atoms with van der Waals surface area (Å²) in [6.07, 6.45) is 5.90. The fourth-order valence-electron chi connectivity index (χ4n) is 4.65. The van der Waals surface area contributed by atoms with Crippen molar-refractivity contribution < 1.29 is 9.53 Å². The van der Waals surface area contributed by atoms with E-state index in [4.69, 9.17) is 4.74 Å². The fourth-order valence-corrected chi connectivity index (χ4v) is 4.65. The summed E-state index contributed by atoms with van der Waals surface area (Å²) in [6, 6.07) is 25.6. The van der Waals surface area contributed by atoms with Gasteiger partial charge in [0.15, 0.2) is 0 Å². The van der Waals surface area contributed by atoms with E-state index in [-0.39, 0.29) is 11.4 Å². The average molecular weight is 364 g/mol. The van der Waals surface area contributed by atoms with E-state index >= 15 is 0 Å². The molecule has 2 aliphatic carbocycles. The van der Waals surface area contributed by atoms with Gasteiger partial charge in [0.1, 0.15) is 0 Å². The highest BCUT2D eigenvalue weighted by Gasteiger charge is 2.45. The lowest BCUT2D eigenvalue weighted by Crippen LogP contribution is -2.28. The van der Waals surface area contributed by atoms with Gasteiger partial charge < -0.3 is 4.74 Å². The summed E-state index contributed by atoms with van der Waals surface area (Å²) in [6.45, 7) is 2.20. The van der Waals surface area contributed by atoms with Crippen LogP contribution in [0.1, 0.15) is 29.2 Å². The smallest absolute Gasteiger partial charge is 0.331 e. The minimum absolute atomic E-state index is 0.305. The molecular weight excluding hydrogens is 344 g/mol. The monoisotopic (exact) mass is 364 g/mol. The lowest BCUT2D eigenvalue weighted by atomic mass is 9.67.